The van der Waals surface area contributed by atoms with Gasteiger partial charge in [-0.05, 0) is 30.3 Å². The van der Waals surface area contributed by atoms with E-state index in [0.717, 1.165) is 0 Å². The molecular weight excluding hydrogens is 349 g/mol. The molecule has 0 radical (unpaired) electrons. The smallest absolute Gasteiger partial charge is 0.265 e. The molecule has 0 spiro atoms. The van der Waals surface area contributed by atoms with Crippen molar-refractivity contribution in [1.29, 1.82) is 0 Å². The van der Waals surface area contributed by atoms with Crippen molar-refractivity contribution in [2.24, 2.45) is 0 Å². The molecule has 8 heteroatoms. The fraction of sp³-hybridized carbons (Fsp3) is 0.0833. The third-order valence-electron chi connectivity index (χ3n) is 2.47. The van der Waals surface area contributed by atoms with Gasteiger partial charge in [0.05, 0.1) is 5.69 Å². The number of nitrogens with zero attached hydrogens (tertiary/aromatic N) is 1. The first-order valence-corrected chi connectivity index (χ1v) is 7.82. The van der Waals surface area contributed by atoms with Crippen LogP contribution in [0, 0.1) is 5.82 Å². The van der Waals surface area contributed by atoms with Crippen LogP contribution >= 0.6 is 15.9 Å². The molecule has 2 rings (SSSR count). The zero-order chi connectivity index (χ0) is 14.8. The molecule has 106 valence electrons. The SMILES string of the molecule is CNc1ncccc1S(=O)(=O)Nc1cc(Br)ccc1F. The number of benzene rings is 1. The second-order valence-electron chi connectivity index (χ2n) is 3.83. The quantitative estimate of drug-likeness (QED) is 0.880. The van der Waals surface area contributed by atoms with E-state index in [1.165, 1.54) is 36.5 Å². The summed E-state index contributed by atoms with van der Waals surface area (Å²) in [5.41, 5.74) is -0.134. The fourth-order valence-electron chi connectivity index (χ4n) is 1.57. The Hall–Kier alpha value is -1.67. The zero-order valence-corrected chi connectivity index (χ0v) is 12.8. The molecule has 2 aromatic rings. The Labute approximate surface area is 124 Å². The monoisotopic (exact) mass is 359 g/mol. The van der Waals surface area contributed by atoms with Crippen molar-refractivity contribution in [2.45, 2.75) is 4.90 Å². The maximum atomic E-state index is 13.6. The molecule has 0 aliphatic rings. The highest BCUT2D eigenvalue weighted by atomic mass is 79.9. The van der Waals surface area contributed by atoms with Gasteiger partial charge in [-0.2, -0.15) is 0 Å². The Bertz CT molecular complexity index is 737. The molecule has 0 amide bonds. The largest absolute Gasteiger partial charge is 0.372 e. The number of nitrogens with one attached hydrogen (secondary N) is 2. The predicted octanol–water partition coefficient (Wildman–Crippen LogP) is 2.83. The highest BCUT2D eigenvalue weighted by molar-refractivity contribution is 9.10. The number of sulfonamides is 1. The van der Waals surface area contributed by atoms with Crippen molar-refractivity contribution in [3.63, 3.8) is 0 Å². The first-order chi connectivity index (χ1) is 9.44. The maximum absolute atomic E-state index is 13.6. The fourth-order valence-corrected chi connectivity index (χ4v) is 3.15. The van der Waals surface area contributed by atoms with Crippen molar-refractivity contribution < 1.29 is 12.8 Å². The topological polar surface area (TPSA) is 71.1 Å². The summed E-state index contributed by atoms with van der Waals surface area (Å²) in [6.45, 7) is 0. The minimum Gasteiger partial charge on any atom is -0.372 e. The normalized spacial score (nSPS) is 11.2. The van der Waals surface area contributed by atoms with Crippen LogP contribution in [0.4, 0.5) is 15.9 Å². The number of pyridine rings is 1. The van der Waals surface area contributed by atoms with Crippen LogP contribution < -0.4 is 10.0 Å². The minimum atomic E-state index is -3.93. The van der Waals surface area contributed by atoms with E-state index in [9.17, 15) is 12.8 Å². The molecule has 0 bridgehead atoms. The van der Waals surface area contributed by atoms with Gasteiger partial charge in [0, 0.05) is 17.7 Å². The number of rotatable bonds is 4. The molecule has 2 N–H and O–H groups in total. The molecule has 0 saturated carbocycles. The van der Waals surface area contributed by atoms with Crippen molar-refractivity contribution in [3.05, 3.63) is 46.8 Å². The van der Waals surface area contributed by atoms with E-state index >= 15 is 0 Å². The first kappa shape index (κ1) is 14.7. The Kier molecular flexibility index (Phi) is 4.24. The molecule has 1 aromatic carbocycles. The molecule has 0 aliphatic carbocycles. The van der Waals surface area contributed by atoms with E-state index in [4.69, 9.17) is 0 Å². The Balaban J connectivity index is 2.43. The molecule has 0 saturated heterocycles. The van der Waals surface area contributed by atoms with E-state index in [2.05, 4.69) is 31.0 Å². The Morgan fingerprint density at radius 1 is 1.30 bits per heavy atom. The molecule has 0 atom stereocenters. The van der Waals surface area contributed by atoms with Crippen LogP contribution in [0.5, 0.6) is 0 Å². The summed E-state index contributed by atoms with van der Waals surface area (Å²) in [5.74, 6) is -0.470. The van der Waals surface area contributed by atoms with Crippen LogP contribution in [0.15, 0.2) is 45.9 Å². The Morgan fingerprint density at radius 3 is 2.75 bits per heavy atom. The average molecular weight is 360 g/mol. The highest BCUT2D eigenvalue weighted by Crippen LogP contribution is 2.25. The first-order valence-electron chi connectivity index (χ1n) is 5.54. The summed E-state index contributed by atoms with van der Waals surface area (Å²) in [4.78, 5) is 3.86. The van der Waals surface area contributed by atoms with Gasteiger partial charge in [0.1, 0.15) is 16.5 Å². The lowest BCUT2D eigenvalue weighted by Crippen LogP contribution is -2.16. The lowest BCUT2D eigenvalue weighted by atomic mass is 10.3. The van der Waals surface area contributed by atoms with E-state index in [0.29, 0.717) is 4.47 Å². The van der Waals surface area contributed by atoms with Gasteiger partial charge >= 0.3 is 0 Å². The van der Waals surface area contributed by atoms with Crippen LogP contribution in [0.2, 0.25) is 0 Å². The standard InChI is InChI=1S/C12H11BrFN3O2S/c1-15-12-11(3-2-6-16-12)20(18,19)17-10-7-8(13)4-5-9(10)14/h2-7,17H,1H3,(H,15,16). The van der Waals surface area contributed by atoms with Crippen molar-refractivity contribution in [1.82, 2.24) is 4.98 Å². The second-order valence-corrected chi connectivity index (χ2v) is 6.40. The molecule has 1 heterocycles. The number of hydrogen-bond acceptors (Lipinski definition) is 4. The van der Waals surface area contributed by atoms with E-state index in [1.54, 1.807) is 7.05 Å². The van der Waals surface area contributed by atoms with Crippen molar-refractivity contribution >= 4 is 37.5 Å². The molecule has 5 nitrogen and oxygen atoms in total. The van der Waals surface area contributed by atoms with Gasteiger partial charge in [-0.15, -0.1) is 0 Å². The van der Waals surface area contributed by atoms with E-state index in [-0.39, 0.29) is 16.4 Å². The maximum Gasteiger partial charge on any atom is 0.265 e. The summed E-state index contributed by atoms with van der Waals surface area (Å²) in [6.07, 6.45) is 1.46. The summed E-state index contributed by atoms with van der Waals surface area (Å²) < 4.78 is 40.9. The van der Waals surface area contributed by atoms with Crippen LogP contribution in [0.1, 0.15) is 0 Å². The zero-order valence-electron chi connectivity index (χ0n) is 10.4. The number of halogens is 2. The van der Waals surface area contributed by atoms with Gasteiger partial charge in [0.15, 0.2) is 0 Å². The van der Waals surface area contributed by atoms with Crippen molar-refractivity contribution in [2.75, 3.05) is 17.1 Å². The van der Waals surface area contributed by atoms with Gasteiger partial charge in [-0.1, -0.05) is 15.9 Å². The number of hydrogen-bond donors (Lipinski definition) is 2. The molecule has 0 fully saturated rings. The number of anilines is 2. The second kappa shape index (κ2) is 5.76. The van der Waals surface area contributed by atoms with Gasteiger partial charge in [-0.25, -0.2) is 17.8 Å². The summed E-state index contributed by atoms with van der Waals surface area (Å²) in [6, 6.07) is 6.88. The van der Waals surface area contributed by atoms with Gasteiger partial charge < -0.3 is 5.32 Å². The summed E-state index contributed by atoms with van der Waals surface area (Å²) >= 11 is 3.16. The third-order valence-corrected chi connectivity index (χ3v) is 4.36. The Morgan fingerprint density at radius 2 is 2.05 bits per heavy atom. The average Bonchev–Trinajstić information content (AvgIpc) is 2.42. The van der Waals surface area contributed by atoms with Gasteiger partial charge in [-0.3, -0.25) is 4.72 Å². The lowest BCUT2D eigenvalue weighted by molar-refractivity contribution is 0.598. The summed E-state index contributed by atoms with van der Waals surface area (Å²) in [7, 11) is -2.37. The number of aromatic nitrogens is 1. The van der Waals surface area contributed by atoms with Crippen LogP contribution in [0.25, 0.3) is 0 Å². The molecule has 0 unspecified atom stereocenters. The predicted molar refractivity (Wildman–Crippen MR) is 78.7 cm³/mol. The van der Waals surface area contributed by atoms with E-state index in [1.807, 2.05) is 0 Å². The van der Waals surface area contributed by atoms with Crippen LogP contribution in [-0.2, 0) is 10.0 Å². The van der Waals surface area contributed by atoms with Crippen LogP contribution in [0.3, 0.4) is 0 Å². The minimum absolute atomic E-state index is 0.0538. The van der Waals surface area contributed by atoms with Gasteiger partial charge in [0.25, 0.3) is 10.0 Å². The molecule has 20 heavy (non-hydrogen) atoms. The highest BCUT2D eigenvalue weighted by Gasteiger charge is 2.20. The summed E-state index contributed by atoms with van der Waals surface area (Å²) in [5, 5.41) is 2.68. The third kappa shape index (κ3) is 3.07. The molecular formula is C12H11BrFN3O2S. The van der Waals surface area contributed by atoms with Gasteiger partial charge in [0.2, 0.25) is 0 Å². The van der Waals surface area contributed by atoms with E-state index < -0.39 is 15.8 Å². The molecule has 0 aliphatic heterocycles. The lowest BCUT2D eigenvalue weighted by Gasteiger charge is -2.11. The molecule has 1 aromatic heterocycles. The van der Waals surface area contributed by atoms with Crippen molar-refractivity contribution in [3.8, 4) is 0 Å². The van der Waals surface area contributed by atoms with Crippen LogP contribution in [-0.4, -0.2) is 20.4 Å².